The number of piperidine rings is 1. The van der Waals surface area contributed by atoms with Gasteiger partial charge in [-0.25, -0.2) is 0 Å². The summed E-state index contributed by atoms with van der Waals surface area (Å²) in [5.74, 6) is 3.06. The summed E-state index contributed by atoms with van der Waals surface area (Å²) in [5, 5.41) is 7.51. The Balaban J connectivity index is 1.92. The van der Waals surface area contributed by atoms with Crippen molar-refractivity contribution in [2.45, 2.75) is 52.5 Å². The van der Waals surface area contributed by atoms with Crippen LogP contribution in [0.5, 0.6) is 0 Å². The molecule has 2 unspecified atom stereocenters. The molecule has 0 spiro atoms. The molecule has 2 rings (SSSR count). The molecule has 0 aromatic carbocycles. The molecule has 0 bridgehead atoms. The molecule has 1 aromatic heterocycles. The summed E-state index contributed by atoms with van der Waals surface area (Å²) in [6, 6.07) is 0.263. The van der Waals surface area contributed by atoms with Gasteiger partial charge in [-0.1, -0.05) is 25.9 Å². The van der Waals surface area contributed by atoms with Gasteiger partial charge in [0.25, 0.3) is 0 Å². The largest absolute Gasteiger partial charge is 0.338 e. The summed E-state index contributed by atoms with van der Waals surface area (Å²) in [5.41, 5.74) is 0. The Bertz CT molecular complexity index is 348. The van der Waals surface area contributed by atoms with Crippen LogP contribution >= 0.6 is 0 Å². The Kier molecular flexibility index (Phi) is 4.15. The first kappa shape index (κ1) is 12.6. The van der Waals surface area contributed by atoms with Crippen LogP contribution in [-0.4, -0.2) is 16.7 Å². The lowest BCUT2D eigenvalue weighted by Crippen LogP contribution is -2.30. The zero-order valence-electron chi connectivity index (χ0n) is 11.1. The molecular weight excluding hydrogens is 214 g/mol. The molecule has 0 saturated carbocycles. The smallest absolute Gasteiger partial charge is 0.243 e. The van der Waals surface area contributed by atoms with Gasteiger partial charge in [0.2, 0.25) is 5.89 Å². The quantitative estimate of drug-likeness (QED) is 0.874. The van der Waals surface area contributed by atoms with Gasteiger partial charge in [-0.15, -0.1) is 0 Å². The van der Waals surface area contributed by atoms with Crippen LogP contribution in [0.2, 0.25) is 0 Å². The molecule has 1 saturated heterocycles. The number of hydrogen-bond acceptors (Lipinski definition) is 4. The minimum absolute atomic E-state index is 0.263. The number of rotatable bonds is 4. The first-order chi connectivity index (χ1) is 8.15. The molecule has 2 atom stereocenters. The molecule has 2 heterocycles. The predicted molar refractivity (Wildman–Crippen MR) is 66.6 cm³/mol. The van der Waals surface area contributed by atoms with E-state index in [0.717, 1.165) is 43.4 Å². The van der Waals surface area contributed by atoms with Crippen LogP contribution in [0.3, 0.4) is 0 Å². The lowest BCUT2D eigenvalue weighted by Gasteiger charge is -2.25. The van der Waals surface area contributed by atoms with Crippen molar-refractivity contribution in [1.82, 2.24) is 15.5 Å². The minimum atomic E-state index is 0.263. The van der Waals surface area contributed by atoms with Gasteiger partial charge >= 0.3 is 0 Å². The fourth-order valence-corrected chi connectivity index (χ4v) is 2.22. The third kappa shape index (κ3) is 3.53. The summed E-state index contributed by atoms with van der Waals surface area (Å²) >= 11 is 0. The van der Waals surface area contributed by atoms with E-state index in [1.54, 1.807) is 0 Å². The van der Waals surface area contributed by atoms with E-state index in [4.69, 9.17) is 4.52 Å². The van der Waals surface area contributed by atoms with Crippen molar-refractivity contribution in [3.63, 3.8) is 0 Å². The first-order valence-corrected chi connectivity index (χ1v) is 6.71. The Morgan fingerprint density at radius 3 is 3.00 bits per heavy atom. The van der Waals surface area contributed by atoms with E-state index in [1.807, 2.05) is 0 Å². The van der Waals surface area contributed by atoms with Crippen molar-refractivity contribution < 1.29 is 4.52 Å². The Morgan fingerprint density at radius 1 is 1.47 bits per heavy atom. The zero-order valence-corrected chi connectivity index (χ0v) is 11.1. The van der Waals surface area contributed by atoms with Crippen LogP contribution in [0, 0.1) is 11.8 Å². The molecule has 0 amide bonds. The van der Waals surface area contributed by atoms with Gasteiger partial charge in [-0.05, 0) is 37.6 Å². The van der Waals surface area contributed by atoms with Crippen LogP contribution in [0.4, 0.5) is 0 Å². The Hall–Kier alpha value is -0.900. The highest BCUT2D eigenvalue weighted by molar-refractivity contribution is 4.95. The molecule has 1 aliphatic heterocycles. The van der Waals surface area contributed by atoms with Crippen molar-refractivity contribution >= 4 is 0 Å². The van der Waals surface area contributed by atoms with Crippen molar-refractivity contribution in [3.8, 4) is 0 Å². The summed E-state index contributed by atoms with van der Waals surface area (Å²) in [6.07, 6.45) is 4.38. The third-order valence-corrected chi connectivity index (χ3v) is 3.39. The SMILES string of the molecule is CC(C)CCc1noc(C2CC(C)CCN2)n1. The fraction of sp³-hybridized carbons (Fsp3) is 0.846. The molecule has 4 heteroatoms. The van der Waals surface area contributed by atoms with Crippen molar-refractivity contribution in [2.24, 2.45) is 11.8 Å². The molecule has 0 aliphatic carbocycles. The lowest BCUT2D eigenvalue weighted by atomic mass is 9.94. The summed E-state index contributed by atoms with van der Waals surface area (Å²) in [7, 11) is 0. The molecule has 1 N–H and O–H groups in total. The zero-order chi connectivity index (χ0) is 12.3. The predicted octanol–water partition coefficient (Wildman–Crippen LogP) is 2.72. The fourth-order valence-electron chi connectivity index (χ4n) is 2.22. The van der Waals surface area contributed by atoms with Gasteiger partial charge in [-0.3, -0.25) is 0 Å². The number of aromatic nitrogens is 2. The number of aryl methyl sites for hydroxylation is 1. The average molecular weight is 237 g/mol. The summed E-state index contributed by atoms with van der Waals surface area (Å²) < 4.78 is 5.36. The molecular formula is C13H23N3O. The van der Waals surface area contributed by atoms with Gasteiger partial charge in [0.05, 0.1) is 6.04 Å². The number of nitrogens with one attached hydrogen (secondary N) is 1. The van der Waals surface area contributed by atoms with Gasteiger partial charge in [0, 0.05) is 6.42 Å². The van der Waals surface area contributed by atoms with Crippen LogP contribution in [0.25, 0.3) is 0 Å². The standard InChI is InChI=1S/C13H23N3O/c1-9(2)4-5-12-15-13(17-16-12)11-8-10(3)6-7-14-11/h9-11,14H,4-8H2,1-3H3. The minimum Gasteiger partial charge on any atom is -0.338 e. The van der Waals surface area contributed by atoms with Crippen molar-refractivity contribution in [3.05, 3.63) is 11.7 Å². The third-order valence-electron chi connectivity index (χ3n) is 3.39. The van der Waals surface area contributed by atoms with E-state index in [0.29, 0.717) is 5.92 Å². The maximum Gasteiger partial charge on any atom is 0.243 e. The van der Waals surface area contributed by atoms with Crippen molar-refractivity contribution in [1.29, 1.82) is 0 Å². The second-order valence-corrected chi connectivity index (χ2v) is 5.62. The maximum absolute atomic E-state index is 5.36. The second-order valence-electron chi connectivity index (χ2n) is 5.62. The lowest BCUT2D eigenvalue weighted by molar-refractivity contribution is 0.259. The van der Waals surface area contributed by atoms with E-state index >= 15 is 0 Å². The summed E-state index contributed by atoms with van der Waals surface area (Å²) in [4.78, 5) is 4.50. The maximum atomic E-state index is 5.36. The first-order valence-electron chi connectivity index (χ1n) is 6.71. The van der Waals surface area contributed by atoms with Gasteiger partial charge < -0.3 is 9.84 Å². The van der Waals surface area contributed by atoms with Gasteiger partial charge in [-0.2, -0.15) is 4.98 Å². The number of hydrogen-bond donors (Lipinski definition) is 1. The molecule has 1 aromatic rings. The highest BCUT2D eigenvalue weighted by atomic mass is 16.5. The Morgan fingerprint density at radius 2 is 2.29 bits per heavy atom. The molecule has 96 valence electrons. The molecule has 0 radical (unpaired) electrons. The normalized spacial score (nSPS) is 25.4. The second kappa shape index (κ2) is 5.63. The van der Waals surface area contributed by atoms with E-state index in [1.165, 1.54) is 6.42 Å². The molecule has 17 heavy (non-hydrogen) atoms. The highest BCUT2D eigenvalue weighted by Gasteiger charge is 2.24. The van der Waals surface area contributed by atoms with E-state index in [-0.39, 0.29) is 6.04 Å². The topological polar surface area (TPSA) is 51.0 Å². The monoisotopic (exact) mass is 237 g/mol. The van der Waals surface area contributed by atoms with Crippen LogP contribution in [-0.2, 0) is 6.42 Å². The average Bonchev–Trinajstić information content (AvgIpc) is 2.75. The highest BCUT2D eigenvalue weighted by Crippen LogP contribution is 2.25. The van der Waals surface area contributed by atoms with Crippen molar-refractivity contribution in [2.75, 3.05) is 6.54 Å². The molecule has 1 aliphatic rings. The number of nitrogens with zero attached hydrogens (tertiary/aromatic N) is 2. The van der Waals surface area contributed by atoms with Crippen LogP contribution in [0.1, 0.15) is 57.8 Å². The Labute approximate surface area is 103 Å². The van der Waals surface area contributed by atoms with E-state index < -0.39 is 0 Å². The van der Waals surface area contributed by atoms with E-state index in [2.05, 4.69) is 36.2 Å². The van der Waals surface area contributed by atoms with E-state index in [9.17, 15) is 0 Å². The van der Waals surface area contributed by atoms with Crippen LogP contribution in [0.15, 0.2) is 4.52 Å². The molecule has 4 nitrogen and oxygen atoms in total. The van der Waals surface area contributed by atoms with Gasteiger partial charge in [0.15, 0.2) is 5.82 Å². The molecule has 1 fully saturated rings. The summed E-state index contributed by atoms with van der Waals surface area (Å²) in [6.45, 7) is 7.76. The van der Waals surface area contributed by atoms with Gasteiger partial charge in [0.1, 0.15) is 0 Å². The van der Waals surface area contributed by atoms with Crippen LogP contribution < -0.4 is 5.32 Å².